The van der Waals surface area contributed by atoms with Gasteiger partial charge in [-0.1, -0.05) is 25.4 Å². The third kappa shape index (κ3) is 2.71. The fourth-order valence-corrected chi connectivity index (χ4v) is 3.28. The van der Waals surface area contributed by atoms with Gasteiger partial charge in [0.2, 0.25) is 0 Å². The molecule has 0 spiro atoms. The summed E-state index contributed by atoms with van der Waals surface area (Å²) in [6, 6.07) is 1.83. The molecule has 0 atom stereocenters. The summed E-state index contributed by atoms with van der Waals surface area (Å²) in [5.74, 6) is -0.817. The molecule has 0 aliphatic heterocycles. The van der Waals surface area contributed by atoms with Gasteiger partial charge in [-0.2, -0.15) is 0 Å². The summed E-state index contributed by atoms with van der Waals surface area (Å²) in [4.78, 5) is 11.0. The SMILES string of the molecule is CC(C)(CC(=O)O)c1c(O)c(Cl)cc2c1CCCC2. The third-order valence-corrected chi connectivity index (χ3v) is 4.13. The molecule has 2 rings (SSSR count). The van der Waals surface area contributed by atoms with E-state index in [1.807, 2.05) is 19.9 Å². The van der Waals surface area contributed by atoms with Gasteiger partial charge < -0.3 is 10.2 Å². The van der Waals surface area contributed by atoms with Gasteiger partial charge in [0.15, 0.2) is 0 Å². The number of halogens is 1. The molecule has 0 saturated carbocycles. The average Bonchev–Trinajstić information content (AvgIpc) is 2.28. The summed E-state index contributed by atoms with van der Waals surface area (Å²) in [6.45, 7) is 3.70. The van der Waals surface area contributed by atoms with E-state index in [0.717, 1.165) is 42.4 Å². The van der Waals surface area contributed by atoms with Crippen LogP contribution in [0.3, 0.4) is 0 Å². The third-order valence-electron chi connectivity index (χ3n) is 3.85. The van der Waals surface area contributed by atoms with Crippen LogP contribution in [0.15, 0.2) is 6.07 Å². The molecule has 3 nitrogen and oxygen atoms in total. The van der Waals surface area contributed by atoms with Crippen molar-refractivity contribution in [3.8, 4) is 5.75 Å². The van der Waals surface area contributed by atoms with Gasteiger partial charge in [-0.05, 0) is 42.9 Å². The monoisotopic (exact) mass is 282 g/mol. The summed E-state index contributed by atoms with van der Waals surface area (Å²) in [6.07, 6.45) is 4.01. The van der Waals surface area contributed by atoms with Gasteiger partial charge in [0.1, 0.15) is 5.75 Å². The number of aromatic hydroxyl groups is 1. The smallest absolute Gasteiger partial charge is 0.304 e. The predicted molar refractivity (Wildman–Crippen MR) is 75.0 cm³/mol. The maximum Gasteiger partial charge on any atom is 0.304 e. The molecular formula is C15H19ClO3. The highest BCUT2D eigenvalue weighted by atomic mass is 35.5. The Bertz CT molecular complexity index is 521. The van der Waals surface area contributed by atoms with Crippen molar-refractivity contribution >= 4 is 17.6 Å². The minimum atomic E-state index is -0.867. The van der Waals surface area contributed by atoms with E-state index in [4.69, 9.17) is 16.7 Å². The van der Waals surface area contributed by atoms with Crippen molar-refractivity contribution in [3.63, 3.8) is 0 Å². The van der Waals surface area contributed by atoms with Crippen molar-refractivity contribution in [2.24, 2.45) is 0 Å². The summed E-state index contributed by atoms with van der Waals surface area (Å²) in [7, 11) is 0. The minimum absolute atomic E-state index is 0.0205. The lowest BCUT2D eigenvalue weighted by Gasteiger charge is -2.31. The zero-order chi connectivity index (χ0) is 14.2. The van der Waals surface area contributed by atoms with E-state index in [1.165, 1.54) is 0 Å². The highest BCUT2D eigenvalue weighted by Crippen LogP contribution is 2.44. The van der Waals surface area contributed by atoms with Gasteiger partial charge in [0, 0.05) is 11.0 Å². The van der Waals surface area contributed by atoms with Gasteiger partial charge in [-0.15, -0.1) is 0 Å². The molecule has 1 aromatic carbocycles. The second-order valence-electron chi connectivity index (χ2n) is 5.88. The van der Waals surface area contributed by atoms with Crippen LogP contribution >= 0.6 is 11.6 Å². The summed E-state index contributed by atoms with van der Waals surface area (Å²) >= 11 is 6.10. The predicted octanol–water partition coefficient (Wildman–Crippen LogP) is 3.68. The van der Waals surface area contributed by atoms with Crippen LogP contribution in [0.1, 0.15) is 49.8 Å². The number of carboxylic acids is 1. The first-order valence-electron chi connectivity index (χ1n) is 6.58. The summed E-state index contributed by atoms with van der Waals surface area (Å²) < 4.78 is 0. The molecule has 0 radical (unpaired) electrons. The molecule has 1 aliphatic carbocycles. The molecular weight excluding hydrogens is 264 g/mol. The highest BCUT2D eigenvalue weighted by Gasteiger charge is 2.32. The van der Waals surface area contributed by atoms with E-state index >= 15 is 0 Å². The van der Waals surface area contributed by atoms with Crippen molar-refractivity contribution in [3.05, 3.63) is 27.8 Å². The van der Waals surface area contributed by atoms with Gasteiger partial charge in [0.25, 0.3) is 0 Å². The lowest BCUT2D eigenvalue weighted by molar-refractivity contribution is -0.138. The maximum atomic E-state index is 11.0. The van der Waals surface area contributed by atoms with Crippen molar-refractivity contribution in [2.45, 2.75) is 51.4 Å². The molecule has 0 saturated heterocycles. The number of hydrogen-bond donors (Lipinski definition) is 2. The normalized spacial score (nSPS) is 15.1. The Morgan fingerprint density at radius 1 is 1.37 bits per heavy atom. The number of phenols is 1. The van der Waals surface area contributed by atoms with Crippen molar-refractivity contribution < 1.29 is 15.0 Å². The number of aryl methyl sites for hydroxylation is 1. The molecule has 0 fully saturated rings. The lowest BCUT2D eigenvalue weighted by Crippen LogP contribution is -2.25. The van der Waals surface area contributed by atoms with Crippen molar-refractivity contribution in [2.75, 3.05) is 0 Å². The van der Waals surface area contributed by atoms with Crippen LogP contribution in [0.25, 0.3) is 0 Å². The fourth-order valence-electron chi connectivity index (χ4n) is 3.05. The summed E-state index contributed by atoms with van der Waals surface area (Å²) in [5, 5.41) is 19.7. The standard InChI is InChI=1S/C15H19ClO3/c1-15(2,8-12(17)18)13-10-6-4-3-5-9(10)7-11(16)14(13)19/h7,19H,3-6,8H2,1-2H3,(H,17,18). The molecule has 0 unspecified atom stereocenters. The number of fused-ring (bicyclic) bond motifs is 1. The number of carboxylic acid groups (broad SMARTS) is 1. The van der Waals surface area contributed by atoms with E-state index in [9.17, 15) is 9.90 Å². The summed E-state index contributed by atoms with van der Waals surface area (Å²) in [5.41, 5.74) is 2.35. The molecule has 0 heterocycles. The number of carbonyl (C=O) groups is 1. The lowest BCUT2D eigenvalue weighted by atomic mass is 9.74. The van der Waals surface area contributed by atoms with Crippen LogP contribution < -0.4 is 0 Å². The highest BCUT2D eigenvalue weighted by molar-refractivity contribution is 6.32. The van der Waals surface area contributed by atoms with Gasteiger partial charge in [0.05, 0.1) is 11.4 Å². The zero-order valence-corrected chi connectivity index (χ0v) is 12.0. The van der Waals surface area contributed by atoms with Gasteiger partial charge in [-0.3, -0.25) is 4.79 Å². The average molecular weight is 283 g/mol. The first-order valence-corrected chi connectivity index (χ1v) is 6.96. The number of phenolic OH excluding ortho intramolecular Hbond substituents is 1. The van der Waals surface area contributed by atoms with E-state index in [2.05, 4.69) is 0 Å². The number of aliphatic carboxylic acids is 1. The van der Waals surface area contributed by atoms with Crippen LogP contribution in [-0.4, -0.2) is 16.2 Å². The topological polar surface area (TPSA) is 57.5 Å². The Balaban J connectivity index is 2.60. The molecule has 1 aromatic rings. The van der Waals surface area contributed by atoms with E-state index in [0.29, 0.717) is 5.02 Å². The molecule has 104 valence electrons. The molecule has 2 N–H and O–H groups in total. The van der Waals surface area contributed by atoms with Crippen molar-refractivity contribution in [1.82, 2.24) is 0 Å². The van der Waals surface area contributed by atoms with Crippen LogP contribution in [0.2, 0.25) is 5.02 Å². The largest absolute Gasteiger partial charge is 0.506 e. The van der Waals surface area contributed by atoms with Crippen LogP contribution in [-0.2, 0) is 23.1 Å². The molecule has 0 aromatic heterocycles. The quantitative estimate of drug-likeness (QED) is 0.889. The number of benzene rings is 1. The Kier molecular flexibility index (Phi) is 3.77. The molecule has 0 amide bonds. The second kappa shape index (κ2) is 5.04. The molecule has 0 bridgehead atoms. The number of hydrogen-bond acceptors (Lipinski definition) is 2. The Morgan fingerprint density at radius 3 is 2.63 bits per heavy atom. The fraction of sp³-hybridized carbons (Fsp3) is 0.533. The number of rotatable bonds is 3. The minimum Gasteiger partial charge on any atom is -0.506 e. The van der Waals surface area contributed by atoms with Crippen LogP contribution in [0.4, 0.5) is 0 Å². The Morgan fingerprint density at radius 2 is 2.00 bits per heavy atom. The molecule has 19 heavy (non-hydrogen) atoms. The van der Waals surface area contributed by atoms with Crippen LogP contribution in [0, 0.1) is 0 Å². The zero-order valence-electron chi connectivity index (χ0n) is 11.3. The Labute approximate surface area is 118 Å². The van der Waals surface area contributed by atoms with Crippen molar-refractivity contribution in [1.29, 1.82) is 0 Å². The van der Waals surface area contributed by atoms with E-state index in [-0.39, 0.29) is 12.2 Å². The molecule has 4 heteroatoms. The van der Waals surface area contributed by atoms with E-state index < -0.39 is 11.4 Å². The van der Waals surface area contributed by atoms with E-state index in [1.54, 1.807) is 0 Å². The Hall–Kier alpha value is -1.22. The first kappa shape index (κ1) is 14.2. The van der Waals surface area contributed by atoms with Crippen LogP contribution in [0.5, 0.6) is 5.75 Å². The maximum absolute atomic E-state index is 11.0. The first-order chi connectivity index (χ1) is 8.83. The second-order valence-corrected chi connectivity index (χ2v) is 6.29. The molecule has 1 aliphatic rings. The van der Waals surface area contributed by atoms with Gasteiger partial charge in [-0.25, -0.2) is 0 Å². The van der Waals surface area contributed by atoms with Gasteiger partial charge >= 0.3 is 5.97 Å².